The normalized spacial score (nSPS) is 33.4. The predicted molar refractivity (Wildman–Crippen MR) is 121 cm³/mol. The van der Waals surface area contributed by atoms with Crippen LogP contribution in [0.2, 0.25) is 0 Å². The molecule has 1 saturated heterocycles. The molecule has 31 heavy (non-hydrogen) atoms. The van der Waals surface area contributed by atoms with Gasteiger partial charge in [0.05, 0.1) is 10.7 Å². The molecule has 6 nitrogen and oxygen atoms in total. The Bertz CT molecular complexity index is 898. The number of hydrogen-bond donors (Lipinski definition) is 0. The number of likely N-dealkylation sites (tertiary alicyclic amines) is 1. The van der Waals surface area contributed by atoms with E-state index in [1.54, 1.807) is 18.7 Å². The van der Waals surface area contributed by atoms with E-state index in [1.165, 1.54) is 25.7 Å². The van der Waals surface area contributed by atoms with Gasteiger partial charge < -0.3 is 9.42 Å². The molecule has 5 rings (SSSR count). The molecule has 1 unspecified atom stereocenters. The molecular formula is C24H33N3O3S. The molecule has 3 heterocycles. The van der Waals surface area contributed by atoms with Gasteiger partial charge in [-0.3, -0.25) is 9.59 Å². The van der Waals surface area contributed by atoms with Gasteiger partial charge in [0.25, 0.3) is 11.8 Å². The standard InChI is InChI=1S/C24H33N3O3S/c1-14-21(15(2)30-26-14)22(28)27-8-6-16(7-9-27)13-24(3)23(29)25-20(31-24)12-19-11-17-4-5-18(19)10-17/h16-19H,4-13H2,1-3H3/t17-,18+,19-,24?/m1/s1. The summed E-state index contributed by atoms with van der Waals surface area (Å²) >= 11 is 1.74. The Morgan fingerprint density at radius 1 is 1.19 bits per heavy atom. The number of fused-ring (bicyclic) bond motifs is 2. The summed E-state index contributed by atoms with van der Waals surface area (Å²) in [6.07, 6.45) is 9.26. The molecule has 7 heteroatoms. The molecule has 1 aromatic heterocycles. The third-order valence-electron chi connectivity index (χ3n) is 8.17. The monoisotopic (exact) mass is 443 g/mol. The minimum Gasteiger partial charge on any atom is -0.361 e. The van der Waals surface area contributed by atoms with Crippen LogP contribution in [0.5, 0.6) is 0 Å². The molecule has 3 fully saturated rings. The smallest absolute Gasteiger partial charge is 0.262 e. The molecule has 2 aliphatic heterocycles. The first kappa shape index (κ1) is 21.2. The summed E-state index contributed by atoms with van der Waals surface area (Å²) in [5, 5.41) is 4.99. The van der Waals surface area contributed by atoms with Gasteiger partial charge >= 0.3 is 0 Å². The second-order valence-electron chi connectivity index (χ2n) is 10.4. The van der Waals surface area contributed by atoms with Gasteiger partial charge in [0.2, 0.25) is 0 Å². The number of hydrogen-bond acceptors (Lipinski definition) is 5. The predicted octanol–water partition coefficient (Wildman–Crippen LogP) is 4.79. The molecule has 4 atom stereocenters. The fourth-order valence-corrected chi connectivity index (χ4v) is 7.86. The second-order valence-corrected chi connectivity index (χ2v) is 12.0. The van der Waals surface area contributed by atoms with Crippen molar-refractivity contribution in [2.24, 2.45) is 28.7 Å². The fraction of sp³-hybridized carbons (Fsp3) is 0.750. The van der Waals surface area contributed by atoms with Crippen molar-refractivity contribution in [3.05, 3.63) is 17.0 Å². The Morgan fingerprint density at radius 3 is 2.58 bits per heavy atom. The summed E-state index contributed by atoms with van der Waals surface area (Å²) in [6, 6.07) is 0. The first-order chi connectivity index (χ1) is 14.8. The lowest BCUT2D eigenvalue weighted by molar-refractivity contribution is -0.119. The third kappa shape index (κ3) is 3.98. The number of amides is 2. The zero-order chi connectivity index (χ0) is 21.8. The van der Waals surface area contributed by atoms with Crippen LogP contribution in [0, 0.1) is 37.5 Å². The SMILES string of the molecule is Cc1noc(C)c1C(=O)N1CCC(CC2(C)SC(C[C@H]3C[C@@H]4CC[C@H]3C4)=NC2=O)CC1. The summed E-state index contributed by atoms with van der Waals surface area (Å²) in [4.78, 5) is 32.1. The zero-order valence-electron chi connectivity index (χ0n) is 18.9. The number of piperidine rings is 1. The van der Waals surface area contributed by atoms with Crippen LogP contribution in [0.3, 0.4) is 0 Å². The van der Waals surface area contributed by atoms with Crippen molar-refractivity contribution in [3.8, 4) is 0 Å². The van der Waals surface area contributed by atoms with Gasteiger partial charge in [0.15, 0.2) is 0 Å². The number of nitrogens with zero attached hydrogens (tertiary/aromatic N) is 3. The lowest BCUT2D eigenvalue weighted by atomic mass is 9.86. The molecule has 1 aromatic rings. The molecule has 2 bridgehead atoms. The van der Waals surface area contributed by atoms with Crippen molar-refractivity contribution in [1.82, 2.24) is 10.1 Å². The topological polar surface area (TPSA) is 75.8 Å². The van der Waals surface area contributed by atoms with E-state index in [4.69, 9.17) is 4.52 Å². The van der Waals surface area contributed by atoms with Crippen molar-refractivity contribution >= 4 is 28.6 Å². The number of thioether (sulfide) groups is 1. The van der Waals surface area contributed by atoms with E-state index in [9.17, 15) is 9.59 Å². The Kier molecular flexibility index (Phi) is 5.51. The van der Waals surface area contributed by atoms with Gasteiger partial charge in [-0.05, 0) is 89.4 Å². The number of aliphatic imine (C=N–C) groups is 1. The van der Waals surface area contributed by atoms with Gasteiger partial charge in [-0.15, -0.1) is 0 Å². The van der Waals surface area contributed by atoms with Gasteiger partial charge in [0.1, 0.15) is 16.1 Å². The van der Waals surface area contributed by atoms with Crippen LogP contribution in [0.1, 0.15) is 80.1 Å². The minimum absolute atomic E-state index is 0.0173. The molecule has 0 N–H and O–H groups in total. The second kappa shape index (κ2) is 8.05. The van der Waals surface area contributed by atoms with Crippen LogP contribution in [0.25, 0.3) is 0 Å². The summed E-state index contributed by atoms with van der Waals surface area (Å²) in [7, 11) is 0. The van der Waals surface area contributed by atoms with Crippen LogP contribution in [0.15, 0.2) is 9.52 Å². The first-order valence-corrected chi connectivity index (χ1v) is 12.7. The van der Waals surface area contributed by atoms with Crippen LogP contribution >= 0.6 is 11.8 Å². The molecule has 4 aliphatic rings. The first-order valence-electron chi connectivity index (χ1n) is 11.9. The van der Waals surface area contributed by atoms with Crippen molar-refractivity contribution < 1.29 is 14.1 Å². The van der Waals surface area contributed by atoms with Gasteiger partial charge in [-0.1, -0.05) is 23.3 Å². The van der Waals surface area contributed by atoms with Crippen LogP contribution in [0.4, 0.5) is 0 Å². The highest BCUT2D eigenvalue weighted by Gasteiger charge is 2.46. The summed E-state index contributed by atoms with van der Waals surface area (Å²) in [5.41, 5.74) is 1.26. The highest BCUT2D eigenvalue weighted by molar-refractivity contribution is 8.16. The summed E-state index contributed by atoms with van der Waals surface area (Å²) < 4.78 is 4.74. The number of rotatable bonds is 5. The van der Waals surface area contributed by atoms with Crippen LogP contribution in [-0.4, -0.2) is 44.8 Å². The molecule has 2 aliphatic carbocycles. The Balaban J connectivity index is 1.14. The number of aromatic nitrogens is 1. The van der Waals surface area contributed by atoms with E-state index in [0.29, 0.717) is 22.9 Å². The van der Waals surface area contributed by atoms with Crippen LogP contribution in [-0.2, 0) is 4.79 Å². The number of carbonyl (C=O) groups is 2. The maximum absolute atomic E-state index is 12.9. The van der Waals surface area contributed by atoms with E-state index < -0.39 is 4.75 Å². The number of carbonyl (C=O) groups excluding carboxylic acids is 2. The van der Waals surface area contributed by atoms with E-state index in [-0.39, 0.29) is 11.8 Å². The highest BCUT2D eigenvalue weighted by Crippen LogP contribution is 2.51. The minimum atomic E-state index is -0.425. The molecule has 2 saturated carbocycles. The van der Waals surface area contributed by atoms with Crippen molar-refractivity contribution in [2.75, 3.05) is 13.1 Å². The Labute approximate surface area is 188 Å². The maximum atomic E-state index is 12.9. The lowest BCUT2D eigenvalue weighted by Gasteiger charge is -2.35. The molecular weight excluding hydrogens is 410 g/mol. The lowest BCUT2D eigenvalue weighted by Crippen LogP contribution is -2.41. The molecule has 0 radical (unpaired) electrons. The van der Waals surface area contributed by atoms with Gasteiger partial charge in [-0.25, -0.2) is 4.99 Å². The summed E-state index contributed by atoms with van der Waals surface area (Å²) in [6.45, 7) is 7.13. The highest BCUT2D eigenvalue weighted by atomic mass is 32.2. The van der Waals surface area contributed by atoms with E-state index >= 15 is 0 Å². The van der Waals surface area contributed by atoms with E-state index in [2.05, 4.69) is 17.1 Å². The largest absolute Gasteiger partial charge is 0.361 e. The Hall–Kier alpha value is -1.63. The van der Waals surface area contributed by atoms with Gasteiger partial charge in [0, 0.05) is 13.1 Å². The van der Waals surface area contributed by atoms with Crippen molar-refractivity contribution in [2.45, 2.75) is 76.9 Å². The third-order valence-corrected chi connectivity index (χ3v) is 9.46. The van der Waals surface area contributed by atoms with Crippen LogP contribution < -0.4 is 0 Å². The van der Waals surface area contributed by atoms with Crippen molar-refractivity contribution in [3.63, 3.8) is 0 Å². The maximum Gasteiger partial charge on any atom is 0.262 e. The molecule has 2 amide bonds. The van der Waals surface area contributed by atoms with Gasteiger partial charge in [-0.2, -0.15) is 0 Å². The van der Waals surface area contributed by atoms with E-state index in [0.717, 1.165) is 61.6 Å². The Morgan fingerprint density at radius 2 is 1.97 bits per heavy atom. The average Bonchev–Trinajstić information content (AvgIpc) is 3.48. The quantitative estimate of drug-likeness (QED) is 0.654. The fourth-order valence-electron chi connectivity index (χ4n) is 6.46. The average molecular weight is 444 g/mol. The zero-order valence-corrected chi connectivity index (χ0v) is 19.7. The molecule has 168 valence electrons. The molecule has 0 spiro atoms. The van der Waals surface area contributed by atoms with E-state index in [1.807, 2.05) is 11.8 Å². The van der Waals surface area contributed by atoms with Crippen molar-refractivity contribution in [1.29, 1.82) is 0 Å². The molecule has 0 aromatic carbocycles. The number of aryl methyl sites for hydroxylation is 2. The summed E-state index contributed by atoms with van der Waals surface area (Å²) in [5.74, 6) is 3.67.